The summed E-state index contributed by atoms with van der Waals surface area (Å²) in [5, 5.41) is 0. The van der Waals surface area contributed by atoms with Crippen molar-refractivity contribution in [1.82, 2.24) is 4.90 Å². The lowest BCUT2D eigenvalue weighted by molar-refractivity contribution is 0.109. The van der Waals surface area contributed by atoms with Crippen molar-refractivity contribution in [3.63, 3.8) is 0 Å². The standard InChI is InChI=1S/C18H33N/c1-15-11-18(12-15)13-16-7-9-19(10-8-16)14-17-5-3-2-4-6-17/h15-18H,2-14H2,1H3. The molecule has 0 spiro atoms. The molecule has 3 aliphatic rings. The number of piperidine rings is 1. The van der Waals surface area contributed by atoms with E-state index in [1.54, 1.807) is 6.42 Å². The quantitative estimate of drug-likeness (QED) is 0.709. The largest absolute Gasteiger partial charge is 0.303 e. The molecule has 110 valence electrons. The lowest BCUT2D eigenvalue weighted by Crippen LogP contribution is -2.38. The molecule has 1 aliphatic heterocycles. The second-order valence-corrected chi connectivity index (χ2v) is 7.93. The molecule has 19 heavy (non-hydrogen) atoms. The third-order valence-electron chi connectivity index (χ3n) is 6.09. The first-order valence-corrected chi connectivity index (χ1v) is 9.02. The summed E-state index contributed by atoms with van der Waals surface area (Å²) in [4.78, 5) is 2.79. The van der Waals surface area contributed by atoms with Crippen LogP contribution in [0.15, 0.2) is 0 Å². The van der Waals surface area contributed by atoms with Gasteiger partial charge in [-0.25, -0.2) is 0 Å². The third-order valence-corrected chi connectivity index (χ3v) is 6.09. The van der Waals surface area contributed by atoms with E-state index >= 15 is 0 Å². The van der Waals surface area contributed by atoms with Crippen molar-refractivity contribution in [3.8, 4) is 0 Å². The minimum Gasteiger partial charge on any atom is -0.303 e. The van der Waals surface area contributed by atoms with Crippen LogP contribution in [0.4, 0.5) is 0 Å². The topological polar surface area (TPSA) is 3.24 Å². The molecule has 0 amide bonds. The van der Waals surface area contributed by atoms with Gasteiger partial charge in [-0.3, -0.25) is 0 Å². The molecule has 2 saturated carbocycles. The van der Waals surface area contributed by atoms with Gasteiger partial charge in [-0.05, 0) is 81.7 Å². The summed E-state index contributed by atoms with van der Waals surface area (Å²) in [5.74, 6) is 4.25. The molecule has 0 radical (unpaired) electrons. The molecule has 0 N–H and O–H groups in total. The fourth-order valence-corrected chi connectivity index (χ4v) is 4.87. The molecule has 0 unspecified atom stereocenters. The van der Waals surface area contributed by atoms with Gasteiger partial charge in [-0.15, -0.1) is 0 Å². The molecule has 0 bridgehead atoms. The Balaban J connectivity index is 1.32. The van der Waals surface area contributed by atoms with E-state index in [1.807, 2.05) is 0 Å². The molecule has 1 heterocycles. The van der Waals surface area contributed by atoms with Gasteiger partial charge in [-0.2, -0.15) is 0 Å². The summed E-state index contributed by atoms with van der Waals surface area (Å²) in [5.41, 5.74) is 0. The maximum Gasteiger partial charge on any atom is 0.000966 e. The van der Waals surface area contributed by atoms with Crippen LogP contribution in [-0.4, -0.2) is 24.5 Å². The second kappa shape index (κ2) is 6.61. The molecule has 1 nitrogen and oxygen atoms in total. The monoisotopic (exact) mass is 263 g/mol. The van der Waals surface area contributed by atoms with Gasteiger partial charge in [0.05, 0.1) is 0 Å². The van der Waals surface area contributed by atoms with Crippen LogP contribution >= 0.6 is 0 Å². The fraction of sp³-hybridized carbons (Fsp3) is 1.00. The Morgan fingerprint density at radius 1 is 0.789 bits per heavy atom. The number of likely N-dealkylation sites (tertiary alicyclic amines) is 1. The fourth-order valence-electron chi connectivity index (χ4n) is 4.87. The van der Waals surface area contributed by atoms with E-state index in [9.17, 15) is 0 Å². The highest BCUT2D eigenvalue weighted by Gasteiger charge is 2.29. The van der Waals surface area contributed by atoms with E-state index in [1.165, 1.54) is 77.4 Å². The van der Waals surface area contributed by atoms with Crippen LogP contribution in [0, 0.1) is 23.7 Å². The summed E-state index contributed by atoms with van der Waals surface area (Å²) < 4.78 is 0. The predicted octanol–water partition coefficient (Wildman–Crippen LogP) is 4.71. The van der Waals surface area contributed by atoms with Gasteiger partial charge in [0.25, 0.3) is 0 Å². The van der Waals surface area contributed by atoms with Crippen LogP contribution in [0.5, 0.6) is 0 Å². The van der Waals surface area contributed by atoms with E-state index in [-0.39, 0.29) is 0 Å². The van der Waals surface area contributed by atoms with E-state index in [2.05, 4.69) is 11.8 Å². The lowest BCUT2D eigenvalue weighted by Gasteiger charge is -2.39. The molecule has 0 atom stereocenters. The Bertz CT molecular complexity index is 255. The SMILES string of the molecule is CC1CC(CC2CCN(CC3CCCCC3)CC2)C1. The van der Waals surface area contributed by atoms with Crippen molar-refractivity contribution >= 4 is 0 Å². The lowest BCUT2D eigenvalue weighted by atomic mass is 9.71. The summed E-state index contributed by atoms with van der Waals surface area (Å²) in [6.45, 7) is 6.66. The predicted molar refractivity (Wildman–Crippen MR) is 82.2 cm³/mol. The maximum absolute atomic E-state index is 2.79. The molecular formula is C18H33N. The van der Waals surface area contributed by atoms with E-state index in [0.717, 1.165) is 23.7 Å². The first kappa shape index (κ1) is 13.9. The van der Waals surface area contributed by atoms with Crippen molar-refractivity contribution in [2.75, 3.05) is 19.6 Å². The zero-order valence-corrected chi connectivity index (χ0v) is 12.9. The molecule has 0 aromatic carbocycles. The van der Waals surface area contributed by atoms with Gasteiger partial charge >= 0.3 is 0 Å². The van der Waals surface area contributed by atoms with Gasteiger partial charge in [0.2, 0.25) is 0 Å². The Morgan fingerprint density at radius 2 is 1.47 bits per heavy atom. The number of rotatable bonds is 4. The summed E-state index contributed by atoms with van der Waals surface area (Å²) in [7, 11) is 0. The van der Waals surface area contributed by atoms with E-state index < -0.39 is 0 Å². The smallest absolute Gasteiger partial charge is 0.000966 e. The molecular weight excluding hydrogens is 230 g/mol. The molecule has 0 aromatic rings. The van der Waals surface area contributed by atoms with Crippen molar-refractivity contribution < 1.29 is 0 Å². The average Bonchev–Trinajstić information content (AvgIpc) is 2.40. The molecule has 3 rings (SSSR count). The molecule has 1 heteroatoms. The highest BCUT2D eigenvalue weighted by molar-refractivity contribution is 4.82. The van der Waals surface area contributed by atoms with Gasteiger partial charge in [0, 0.05) is 6.54 Å². The maximum atomic E-state index is 2.79. The number of hydrogen-bond acceptors (Lipinski definition) is 1. The van der Waals surface area contributed by atoms with Gasteiger partial charge in [0.1, 0.15) is 0 Å². The Morgan fingerprint density at radius 3 is 2.11 bits per heavy atom. The number of hydrogen-bond donors (Lipinski definition) is 0. The zero-order valence-electron chi connectivity index (χ0n) is 12.9. The zero-order chi connectivity index (χ0) is 13.1. The average molecular weight is 263 g/mol. The van der Waals surface area contributed by atoms with Crippen LogP contribution in [-0.2, 0) is 0 Å². The van der Waals surface area contributed by atoms with Crippen LogP contribution < -0.4 is 0 Å². The highest BCUT2D eigenvalue weighted by atomic mass is 15.1. The van der Waals surface area contributed by atoms with Gasteiger partial charge in [0.15, 0.2) is 0 Å². The van der Waals surface area contributed by atoms with E-state index in [4.69, 9.17) is 0 Å². The normalized spacial score (nSPS) is 35.2. The van der Waals surface area contributed by atoms with Crippen LogP contribution in [0.3, 0.4) is 0 Å². The Kier molecular flexibility index (Phi) is 4.84. The summed E-state index contributed by atoms with van der Waals surface area (Å²) in [6.07, 6.45) is 15.1. The Hall–Kier alpha value is -0.0400. The third kappa shape index (κ3) is 3.97. The number of nitrogens with zero attached hydrogens (tertiary/aromatic N) is 1. The molecule has 2 aliphatic carbocycles. The van der Waals surface area contributed by atoms with Gasteiger partial charge < -0.3 is 4.90 Å². The summed E-state index contributed by atoms with van der Waals surface area (Å²) in [6, 6.07) is 0. The van der Waals surface area contributed by atoms with Crippen molar-refractivity contribution in [1.29, 1.82) is 0 Å². The highest BCUT2D eigenvalue weighted by Crippen LogP contribution is 2.39. The summed E-state index contributed by atoms with van der Waals surface area (Å²) >= 11 is 0. The molecule has 3 fully saturated rings. The van der Waals surface area contributed by atoms with Crippen molar-refractivity contribution in [2.45, 2.75) is 71.1 Å². The first-order chi connectivity index (χ1) is 9.29. The van der Waals surface area contributed by atoms with Crippen LogP contribution in [0.25, 0.3) is 0 Å². The minimum absolute atomic E-state index is 1.04. The Labute approximate surface area is 120 Å². The van der Waals surface area contributed by atoms with Crippen LogP contribution in [0.1, 0.15) is 71.1 Å². The van der Waals surface area contributed by atoms with Crippen LogP contribution in [0.2, 0.25) is 0 Å². The van der Waals surface area contributed by atoms with Crippen molar-refractivity contribution in [3.05, 3.63) is 0 Å². The van der Waals surface area contributed by atoms with E-state index in [0.29, 0.717) is 0 Å². The first-order valence-electron chi connectivity index (χ1n) is 9.02. The van der Waals surface area contributed by atoms with Crippen molar-refractivity contribution in [2.24, 2.45) is 23.7 Å². The second-order valence-electron chi connectivity index (χ2n) is 7.93. The molecule has 1 saturated heterocycles. The molecule has 0 aromatic heterocycles. The minimum atomic E-state index is 1.04. The van der Waals surface area contributed by atoms with Gasteiger partial charge in [-0.1, -0.05) is 26.2 Å².